The van der Waals surface area contributed by atoms with E-state index in [4.69, 9.17) is 9.47 Å². The third-order valence-corrected chi connectivity index (χ3v) is 3.41. The number of nitrogens with zero attached hydrogens (tertiary/aromatic N) is 1. The van der Waals surface area contributed by atoms with E-state index < -0.39 is 0 Å². The molecule has 18 heavy (non-hydrogen) atoms. The molecular formula is C14H27NO3. The molecule has 1 atom stereocenters. The lowest BCUT2D eigenvalue weighted by molar-refractivity contribution is -0.152. The fraction of sp³-hybridized carbons (Fsp3) is 0.929. The largest absolute Gasteiger partial charge is 0.462 e. The highest BCUT2D eigenvalue weighted by Gasteiger charge is 2.28. The number of carbonyl (C=O) groups excluding carboxylic acids is 1. The molecule has 0 aromatic heterocycles. The van der Waals surface area contributed by atoms with Crippen LogP contribution in [0.25, 0.3) is 0 Å². The summed E-state index contributed by atoms with van der Waals surface area (Å²) in [7, 11) is 0. The summed E-state index contributed by atoms with van der Waals surface area (Å²) in [6.07, 6.45) is 5.46. The van der Waals surface area contributed by atoms with Crippen LogP contribution in [0.5, 0.6) is 0 Å². The molecule has 0 spiro atoms. The van der Waals surface area contributed by atoms with Crippen molar-refractivity contribution in [3.05, 3.63) is 0 Å². The number of unbranched alkanes of at least 4 members (excludes halogenated alkanes) is 1. The molecule has 1 rings (SSSR count). The molecule has 0 saturated carbocycles. The maximum Gasteiger partial charge on any atom is 0.323 e. The first-order chi connectivity index (χ1) is 8.79. The Morgan fingerprint density at radius 1 is 1.22 bits per heavy atom. The number of hydrogen-bond donors (Lipinski definition) is 0. The van der Waals surface area contributed by atoms with Crippen LogP contribution in [0.4, 0.5) is 0 Å². The zero-order chi connectivity index (χ0) is 13.2. The van der Waals surface area contributed by atoms with Gasteiger partial charge < -0.3 is 9.47 Å². The van der Waals surface area contributed by atoms with Crippen molar-refractivity contribution in [2.75, 3.05) is 32.9 Å². The smallest absolute Gasteiger partial charge is 0.323 e. The second-order valence-electron chi connectivity index (χ2n) is 4.77. The Labute approximate surface area is 111 Å². The lowest BCUT2D eigenvalue weighted by atomic mass is 10.0. The highest BCUT2D eigenvalue weighted by molar-refractivity contribution is 5.75. The average Bonchev–Trinajstić information content (AvgIpc) is 2.42. The molecule has 1 aliphatic rings. The first-order valence-electron chi connectivity index (χ1n) is 7.28. The molecule has 1 fully saturated rings. The van der Waals surface area contributed by atoms with E-state index in [0.29, 0.717) is 13.2 Å². The lowest BCUT2D eigenvalue weighted by Crippen LogP contribution is -2.45. The number of ether oxygens (including phenoxy) is 2. The monoisotopic (exact) mass is 257 g/mol. The predicted molar refractivity (Wildman–Crippen MR) is 71.6 cm³/mol. The van der Waals surface area contributed by atoms with E-state index in [1.54, 1.807) is 0 Å². The summed E-state index contributed by atoms with van der Waals surface area (Å²) in [5, 5.41) is 0. The zero-order valence-corrected chi connectivity index (χ0v) is 11.8. The Morgan fingerprint density at radius 3 is 2.78 bits per heavy atom. The molecule has 4 nitrogen and oxygen atoms in total. The number of piperidine rings is 1. The molecule has 0 aromatic carbocycles. The van der Waals surface area contributed by atoms with Crippen molar-refractivity contribution in [1.82, 2.24) is 4.90 Å². The Balaban J connectivity index is 2.14. The number of hydrogen-bond acceptors (Lipinski definition) is 4. The van der Waals surface area contributed by atoms with Gasteiger partial charge in [0.15, 0.2) is 0 Å². The van der Waals surface area contributed by atoms with Crippen LogP contribution in [0.3, 0.4) is 0 Å². The minimum absolute atomic E-state index is 0.0283. The molecule has 0 radical (unpaired) electrons. The normalized spacial score (nSPS) is 20.9. The van der Waals surface area contributed by atoms with Crippen molar-refractivity contribution in [2.24, 2.45) is 0 Å². The van der Waals surface area contributed by atoms with E-state index in [0.717, 1.165) is 45.4 Å². The lowest BCUT2D eigenvalue weighted by Gasteiger charge is -2.32. The number of rotatable bonds is 8. The molecule has 1 heterocycles. The summed E-state index contributed by atoms with van der Waals surface area (Å²) in [4.78, 5) is 14.1. The molecule has 1 aliphatic heterocycles. The Hall–Kier alpha value is -0.610. The number of likely N-dealkylation sites (N-methyl/N-ethyl adjacent to an activating group) is 1. The van der Waals surface area contributed by atoms with Crippen LogP contribution in [0.15, 0.2) is 0 Å². The highest BCUT2D eigenvalue weighted by Crippen LogP contribution is 2.17. The molecule has 4 heteroatoms. The van der Waals surface area contributed by atoms with E-state index >= 15 is 0 Å². The Morgan fingerprint density at radius 2 is 2.06 bits per heavy atom. The van der Waals surface area contributed by atoms with Crippen molar-refractivity contribution < 1.29 is 14.3 Å². The van der Waals surface area contributed by atoms with Gasteiger partial charge in [0.05, 0.1) is 6.61 Å². The third-order valence-electron chi connectivity index (χ3n) is 3.41. The molecule has 0 amide bonds. The fourth-order valence-corrected chi connectivity index (χ4v) is 2.28. The van der Waals surface area contributed by atoms with Gasteiger partial charge in [0.25, 0.3) is 0 Å². The van der Waals surface area contributed by atoms with Crippen molar-refractivity contribution >= 4 is 5.97 Å². The van der Waals surface area contributed by atoms with Crippen LogP contribution < -0.4 is 0 Å². The second kappa shape index (κ2) is 9.34. The van der Waals surface area contributed by atoms with Gasteiger partial charge in [0, 0.05) is 6.61 Å². The minimum Gasteiger partial charge on any atom is -0.462 e. The van der Waals surface area contributed by atoms with E-state index in [9.17, 15) is 4.79 Å². The molecule has 0 N–H and O–H groups in total. The summed E-state index contributed by atoms with van der Waals surface area (Å²) >= 11 is 0. The molecule has 106 valence electrons. The fourth-order valence-electron chi connectivity index (χ4n) is 2.28. The summed E-state index contributed by atoms with van der Waals surface area (Å²) in [6.45, 7) is 7.83. The molecule has 0 unspecified atom stereocenters. The van der Waals surface area contributed by atoms with Gasteiger partial charge in [-0.3, -0.25) is 9.69 Å². The third kappa shape index (κ3) is 5.36. The van der Waals surface area contributed by atoms with Gasteiger partial charge in [-0.25, -0.2) is 0 Å². The van der Waals surface area contributed by atoms with E-state index in [-0.39, 0.29) is 12.0 Å². The van der Waals surface area contributed by atoms with Crippen molar-refractivity contribution in [3.8, 4) is 0 Å². The van der Waals surface area contributed by atoms with Crippen molar-refractivity contribution in [3.63, 3.8) is 0 Å². The maximum atomic E-state index is 11.9. The summed E-state index contributed by atoms with van der Waals surface area (Å²) in [5.74, 6) is -0.0735. The zero-order valence-electron chi connectivity index (χ0n) is 11.8. The van der Waals surface area contributed by atoms with Crippen LogP contribution in [-0.2, 0) is 14.3 Å². The van der Waals surface area contributed by atoms with Gasteiger partial charge in [0.1, 0.15) is 12.6 Å². The maximum absolute atomic E-state index is 11.9. The molecule has 0 aromatic rings. The molecule has 1 saturated heterocycles. The first-order valence-corrected chi connectivity index (χ1v) is 7.28. The number of likely N-dealkylation sites (tertiary alicyclic amines) is 1. The van der Waals surface area contributed by atoms with E-state index in [1.165, 1.54) is 6.42 Å². The predicted octanol–water partition coefficient (Wildman–Crippen LogP) is 2.22. The van der Waals surface area contributed by atoms with Gasteiger partial charge in [-0.15, -0.1) is 0 Å². The quantitative estimate of drug-likeness (QED) is 0.494. The van der Waals surface area contributed by atoms with Gasteiger partial charge in [-0.05, 0) is 32.4 Å². The van der Waals surface area contributed by atoms with E-state index in [1.807, 2.05) is 0 Å². The molecular weight excluding hydrogens is 230 g/mol. The summed E-state index contributed by atoms with van der Waals surface area (Å²) in [6, 6.07) is -0.0283. The van der Waals surface area contributed by atoms with Crippen LogP contribution in [-0.4, -0.2) is 49.8 Å². The Bertz CT molecular complexity index is 233. The van der Waals surface area contributed by atoms with E-state index in [2.05, 4.69) is 18.7 Å². The SMILES string of the molecule is CCCCOCCOC(=O)[C@H]1CCCCN1CC. The summed E-state index contributed by atoms with van der Waals surface area (Å²) in [5.41, 5.74) is 0. The summed E-state index contributed by atoms with van der Waals surface area (Å²) < 4.78 is 10.7. The van der Waals surface area contributed by atoms with Gasteiger partial charge >= 0.3 is 5.97 Å². The minimum atomic E-state index is -0.0735. The number of carbonyl (C=O) groups is 1. The van der Waals surface area contributed by atoms with Crippen LogP contribution in [0.1, 0.15) is 46.0 Å². The van der Waals surface area contributed by atoms with Crippen LogP contribution >= 0.6 is 0 Å². The topological polar surface area (TPSA) is 38.8 Å². The van der Waals surface area contributed by atoms with Crippen LogP contribution in [0.2, 0.25) is 0 Å². The standard InChI is InChI=1S/C14H27NO3/c1-3-5-10-17-11-12-18-14(16)13-8-6-7-9-15(13)4-2/h13H,3-12H2,1-2H3/t13-/m1/s1. The van der Waals surface area contributed by atoms with Crippen LogP contribution in [0, 0.1) is 0 Å². The van der Waals surface area contributed by atoms with Gasteiger partial charge in [0.2, 0.25) is 0 Å². The Kier molecular flexibility index (Phi) is 8.01. The second-order valence-corrected chi connectivity index (χ2v) is 4.77. The molecule has 0 bridgehead atoms. The highest BCUT2D eigenvalue weighted by atomic mass is 16.6. The van der Waals surface area contributed by atoms with Gasteiger partial charge in [-0.2, -0.15) is 0 Å². The average molecular weight is 257 g/mol. The molecule has 0 aliphatic carbocycles. The van der Waals surface area contributed by atoms with Crippen molar-refractivity contribution in [1.29, 1.82) is 0 Å². The van der Waals surface area contributed by atoms with Crippen molar-refractivity contribution in [2.45, 2.75) is 52.0 Å². The van der Waals surface area contributed by atoms with Gasteiger partial charge in [-0.1, -0.05) is 26.7 Å². The first kappa shape index (κ1) is 15.4. The number of esters is 1.